The van der Waals surface area contributed by atoms with Crippen LogP contribution in [0.15, 0.2) is 46.9 Å². The van der Waals surface area contributed by atoms with E-state index in [0.717, 1.165) is 30.2 Å². The molecule has 0 spiro atoms. The lowest BCUT2D eigenvalue weighted by Crippen LogP contribution is -2.49. The number of amides is 2. The average molecular weight is 538 g/mol. The van der Waals surface area contributed by atoms with Crippen LogP contribution in [0.3, 0.4) is 0 Å². The Morgan fingerprint density at radius 1 is 0.970 bits per heavy atom. The van der Waals surface area contributed by atoms with E-state index in [1.54, 1.807) is 42.5 Å². The minimum Gasteiger partial charge on any atom is -0.493 e. The molecular weight excluding hydrogens is 510 g/mol. The molecule has 3 N–H and O–H groups in total. The first-order valence-electron chi connectivity index (χ1n) is 10.5. The van der Waals surface area contributed by atoms with E-state index in [1.165, 1.54) is 7.11 Å². The topological polar surface area (TPSA) is 97.9 Å². The van der Waals surface area contributed by atoms with Crippen molar-refractivity contribution in [1.29, 1.82) is 0 Å². The third kappa shape index (κ3) is 9.27. The van der Waals surface area contributed by atoms with E-state index in [2.05, 4.69) is 39.0 Å². The smallest absolute Gasteiger partial charge is 0.276 e. The van der Waals surface area contributed by atoms with Crippen molar-refractivity contribution < 1.29 is 23.8 Å². The largest absolute Gasteiger partial charge is 0.493 e. The van der Waals surface area contributed by atoms with Crippen LogP contribution in [0, 0.1) is 0 Å². The van der Waals surface area contributed by atoms with Gasteiger partial charge in [0.15, 0.2) is 23.2 Å². The number of thiocarbonyl (C=S) groups is 1. The van der Waals surface area contributed by atoms with Gasteiger partial charge in [0.1, 0.15) is 5.75 Å². The predicted molar refractivity (Wildman–Crippen MR) is 134 cm³/mol. The van der Waals surface area contributed by atoms with Crippen LogP contribution in [-0.2, 0) is 4.79 Å². The van der Waals surface area contributed by atoms with Crippen LogP contribution in [0.4, 0.5) is 0 Å². The number of para-hydroxylation sites is 2. The third-order valence-electron chi connectivity index (χ3n) is 4.41. The summed E-state index contributed by atoms with van der Waals surface area (Å²) in [4.78, 5) is 24.7. The van der Waals surface area contributed by atoms with Crippen LogP contribution in [0.1, 0.15) is 43.0 Å². The molecule has 0 saturated heterocycles. The molecule has 0 aliphatic rings. The van der Waals surface area contributed by atoms with E-state index in [9.17, 15) is 9.59 Å². The molecule has 10 heteroatoms. The van der Waals surface area contributed by atoms with Gasteiger partial charge in [-0.3, -0.25) is 25.8 Å². The highest BCUT2D eigenvalue weighted by Crippen LogP contribution is 2.25. The molecule has 0 aliphatic heterocycles. The molecule has 8 nitrogen and oxygen atoms in total. The number of carbonyl (C=O) groups is 2. The monoisotopic (exact) mass is 537 g/mol. The molecule has 0 heterocycles. The van der Waals surface area contributed by atoms with Gasteiger partial charge < -0.3 is 14.2 Å². The number of methoxy groups -OCH3 is 1. The molecule has 2 aromatic carbocycles. The molecule has 33 heavy (non-hydrogen) atoms. The van der Waals surface area contributed by atoms with Gasteiger partial charge in [-0.25, -0.2) is 0 Å². The number of nitrogens with one attached hydrogen (secondary N) is 3. The molecule has 0 saturated carbocycles. The summed E-state index contributed by atoms with van der Waals surface area (Å²) in [6, 6.07) is 12.2. The number of rotatable bonds is 11. The maximum atomic E-state index is 12.7. The van der Waals surface area contributed by atoms with Crippen molar-refractivity contribution >= 4 is 45.1 Å². The Labute approximate surface area is 207 Å². The predicted octanol–water partition coefficient (Wildman–Crippen LogP) is 4.13. The van der Waals surface area contributed by atoms with Crippen LogP contribution < -0.4 is 30.4 Å². The minimum atomic E-state index is -0.490. The summed E-state index contributed by atoms with van der Waals surface area (Å²) in [5, 5.41) is 2.46. The van der Waals surface area contributed by atoms with Crippen molar-refractivity contribution in [2.75, 3.05) is 20.3 Å². The zero-order valence-corrected chi connectivity index (χ0v) is 21.0. The van der Waals surface area contributed by atoms with Gasteiger partial charge in [0.2, 0.25) is 0 Å². The lowest BCUT2D eigenvalue weighted by atomic mass is 10.2. The summed E-state index contributed by atoms with van der Waals surface area (Å²) in [6.07, 6.45) is 4.27. The molecule has 0 unspecified atom stereocenters. The Balaban J connectivity index is 1.83. The van der Waals surface area contributed by atoms with Crippen molar-refractivity contribution in [3.05, 3.63) is 52.5 Å². The number of hydrogen-bond acceptors (Lipinski definition) is 6. The van der Waals surface area contributed by atoms with E-state index in [-0.39, 0.29) is 11.7 Å². The van der Waals surface area contributed by atoms with Crippen LogP contribution >= 0.6 is 28.1 Å². The fourth-order valence-electron chi connectivity index (χ4n) is 2.76. The number of unbranched alkanes of at least 4 members (excludes halogenated alkanes) is 3. The van der Waals surface area contributed by atoms with Gasteiger partial charge in [-0.05, 0) is 49.0 Å². The summed E-state index contributed by atoms with van der Waals surface area (Å²) < 4.78 is 17.1. The van der Waals surface area contributed by atoms with Gasteiger partial charge >= 0.3 is 0 Å². The van der Waals surface area contributed by atoms with Crippen LogP contribution in [0.5, 0.6) is 17.2 Å². The Morgan fingerprint density at radius 3 is 2.45 bits per heavy atom. The molecule has 0 aromatic heterocycles. The highest BCUT2D eigenvalue weighted by Gasteiger charge is 2.15. The summed E-state index contributed by atoms with van der Waals surface area (Å²) in [5.41, 5.74) is 5.19. The fraction of sp³-hybridized carbons (Fsp3) is 0.348. The standard InChI is InChI=1S/C23H28BrN3O5S/c1-3-4-5-8-13-31-18-12-11-16(24)14-17(18)22(29)25-23(33)27-26-21(28)15-32-20-10-7-6-9-19(20)30-2/h6-7,9-12,14H,3-5,8,13,15H2,1-2H3,(H,26,28)(H2,25,27,29,33). The van der Waals surface area contributed by atoms with Gasteiger partial charge in [-0.15, -0.1) is 0 Å². The third-order valence-corrected chi connectivity index (χ3v) is 5.11. The van der Waals surface area contributed by atoms with E-state index < -0.39 is 11.8 Å². The second-order valence-corrected chi connectivity index (χ2v) is 8.27. The van der Waals surface area contributed by atoms with Crippen molar-refractivity contribution in [3.8, 4) is 17.2 Å². The van der Waals surface area contributed by atoms with Gasteiger partial charge in [0, 0.05) is 4.47 Å². The number of ether oxygens (including phenoxy) is 3. The second-order valence-electron chi connectivity index (χ2n) is 6.95. The van der Waals surface area contributed by atoms with Gasteiger partial charge in [-0.1, -0.05) is 54.2 Å². The molecule has 2 rings (SSSR count). The lowest BCUT2D eigenvalue weighted by Gasteiger charge is -2.14. The Hall–Kier alpha value is -2.85. The average Bonchev–Trinajstić information content (AvgIpc) is 2.82. The molecule has 2 aromatic rings. The number of benzene rings is 2. The first-order chi connectivity index (χ1) is 15.9. The first-order valence-corrected chi connectivity index (χ1v) is 11.7. The summed E-state index contributed by atoms with van der Waals surface area (Å²) in [6.45, 7) is 2.39. The minimum absolute atomic E-state index is 0.0699. The van der Waals surface area contributed by atoms with Crippen molar-refractivity contribution in [2.24, 2.45) is 0 Å². The van der Waals surface area contributed by atoms with E-state index in [1.807, 2.05) is 0 Å². The van der Waals surface area contributed by atoms with Crippen LogP contribution in [-0.4, -0.2) is 37.3 Å². The van der Waals surface area contributed by atoms with Crippen molar-refractivity contribution in [1.82, 2.24) is 16.2 Å². The zero-order chi connectivity index (χ0) is 24.1. The molecule has 0 radical (unpaired) electrons. The molecule has 2 amide bonds. The van der Waals surface area contributed by atoms with Gasteiger partial charge in [0.05, 0.1) is 19.3 Å². The van der Waals surface area contributed by atoms with Gasteiger partial charge in [0.25, 0.3) is 11.8 Å². The first kappa shape index (κ1) is 26.4. The number of carbonyl (C=O) groups excluding carboxylic acids is 2. The SMILES string of the molecule is CCCCCCOc1ccc(Br)cc1C(=O)NC(=S)NNC(=O)COc1ccccc1OC. The molecule has 178 valence electrons. The normalized spacial score (nSPS) is 10.2. The quantitative estimate of drug-likeness (QED) is 0.225. The maximum absolute atomic E-state index is 12.7. The maximum Gasteiger partial charge on any atom is 0.276 e. The second kappa shape index (κ2) is 14.3. The Kier molecular flexibility index (Phi) is 11.5. The molecule has 0 atom stereocenters. The van der Waals surface area contributed by atoms with E-state index in [4.69, 9.17) is 26.4 Å². The van der Waals surface area contributed by atoms with E-state index >= 15 is 0 Å². The zero-order valence-electron chi connectivity index (χ0n) is 18.6. The Bertz CT molecular complexity index is 957. The highest BCUT2D eigenvalue weighted by molar-refractivity contribution is 9.10. The molecule has 0 aliphatic carbocycles. The molecule has 0 bridgehead atoms. The summed E-state index contributed by atoms with van der Waals surface area (Å²) in [5.74, 6) is 0.457. The van der Waals surface area contributed by atoms with Crippen molar-refractivity contribution in [3.63, 3.8) is 0 Å². The van der Waals surface area contributed by atoms with Crippen LogP contribution in [0.2, 0.25) is 0 Å². The fourth-order valence-corrected chi connectivity index (χ4v) is 3.27. The summed E-state index contributed by atoms with van der Waals surface area (Å²) >= 11 is 8.47. The highest BCUT2D eigenvalue weighted by atomic mass is 79.9. The summed E-state index contributed by atoms with van der Waals surface area (Å²) in [7, 11) is 1.51. The molecule has 0 fully saturated rings. The molecular formula is C23H28BrN3O5S. The Morgan fingerprint density at radius 2 is 1.73 bits per heavy atom. The number of halogens is 1. The van der Waals surface area contributed by atoms with E-state index in [0.29, 0.717) is 29.4 Å². The van der Waals surface area contributed by atoms with Crippen LogP contribution in [0.25, 0.3) is 0 Å². The van der Waals surface area contributed by atoms with Gasteiger partial charge in [-0.2, -0.15) is 0 Å². The van der Waals surface area contributed by atoms with Crippen molar-refractivity contribution in [2.45, 2.75) is 32.6 Å². The number of hydrogen-bond donors (Lipinski definition) is 3. The number of hydrazine groups is 1. The lowest BCUT2D eigenvalue weighted by molar-refractivity contribution is -0.123.